The van der Waals surface area contributed by atoms with Crippen LogP contribution in [0.25, 0.3) is 0 Å². The van der Waals surface area contributed by atoms with Crippen LogP contribution in [0.15, 0.2) is 18.2 Å². The smallest absolute Gasteiger partial charge is 0.336 e. The molecule has 1 aromatic carbocycles. The third-order valence-electron chi connectivity index (χ3n) is 2.03. The van der Waals surface area contributed by atoms with E-state index < -0.39 is 11.9 Å². The third kappa shape index (κ3) is 2.70. The van der Waals surface area contributed by atoms with Crippen LogP contribution in [0.1, 0.15) is 22.3 Å². The molecule has 15 heavy (non-hydrogen) atoms. The van der Waals surface area contributed by atoms with Gasteiger partial charge in [-0.2, -0.15) is 0 Å². The van der Waals surface area contributed by atoms with Crippen molar-refractivity contribution in [3.8, 4) is 0 Å². The van der Waals surface area contributed by atoms with Crippen LogP contribution in [0, 0.1) is 0 Å². The van der Waals surface area contributed by atoms with E-state index in [0.717, 1.165) is 0 Å². The maximum Gasteiger partial charge on any atom is 0.336 e. The number of anilines is 1. The first-order chi connectivity index (χ1) is 7.02. The minimum Gasteiger partial charge on any atom is -0.481 e. The zero-order valence-corrected chi connectivity index (χ0v) is 7.93. The number of hydrogen-bond donors (Lipinski definition) is 3. The lowest BCUT2D eigenvalue weighted by molar-refractivity contribution is -0.136. The molecule has 0 unspecified atom stereocenters. The summed E-state index contributed by atoms with van der Waals surface area (Å²) in [6.07, 6.45) is -0.00185. The molecule has 0 saturated heterocycles. The first kappa shape index (κ1) is 11.0. The minimum absolute atomic E-state index is 0.0660. The van der Waals surface area contributed by atoms with Gasteiger partial charge in [-0.15, -0.1) is 0 Å². The van der Waals surface area contributed by atoms with Crippen molar-refractivity contribution in [1.29, 1.82) is 0 Å². The summed E-state index contributed by atoms with van der Waals surface area (Å²) in [5, 5.41) is 17.4. The Morgan fingerprint density at radius 1 is 1.27 bits per heavy atom. The van der Waals surface area contributed by atoms with Gasteiger partial charge in [-0.3, -0.25) is 4.79 Å². The normalized spacial score (nSPS) is 9.87. The molecule has 0 amide bonds. The van der Waals surface area contributed by atoms with Gasteiger partial charge in [0.25, 0.3) is 0 Å². The summed E-state index contributed by atoms with van der Waals surface area (Å²) >= 11 is 0. The second-order valence-corrected chi connectivity index (χ2v) is 3.07. The van der Waals surface area contributed by atoms with Crippen LogP contribution in [0.4, 0.5) is 5.69 Å². The lowest BCUT2D eigenvalue weighted by atomic mass is 10.0. The van der Waals surface area contributed by atoms with E-state index in [0.29, 0.717) is 11.3 Å². The van der Waals surface area contributed by atoms with Gasteiger partial charge in [-0.25, -0.2) is 4.79 Å². The average Bonchev–Trinajstić information content (AvgIpc) is 2.15. The molecule has 1 rings (SSSR count). The second kappa shape index (κ2) is 4.45. The van der Waals surface area contributed by atoms with Gasteiger partial charge in [-0.05, 0) is 24.1 Å². The van der Waals surface area contributed by atoms with Gasteiger partial charge in [0.05, 0.1) is 5.56 Å². The summed E-state index contributed by atoms with van der Waals surface area (Å²) < 4.78 is 0. The van der Waals surface area contributed by atoms with E-state index >= 15 is 0 Å². The van der Waals surface area contributed by atoms with Crippen molar-refractivity contribution in [3.63, 3.8) is 0 Å². The van der Waals surface area contributed by atoms with E-state index in [1.807, 2.05) is 0 Å². The van der Waals surface area contributed by atoms with E-state index in [1.165, 1.54) is 12.1 Å². The number of carbonyl (C=O) groups is 2. The van der Waals surface area contributed by atoms with Crippen molar-refractivity contribution in [2.24, 2.45) is 0 Å². The lowest BCUT2D eigenvalue weighted by Crippen LogP contribution is -2.08. The SMILES string of the molecule is Nc1cccc(C(=O)O)c1CCC(=O)O. The zero-order valence-electron chi connectivity index (χ0n) is 7.93. The van der Waals surface area contributed by atoms with E-state index in [4.69, 9.17) is 15.9 Å². The molecule has 0 aliphatic rings. The highest BCUT2D eigenvalue weighted by Crippen LogP contribution is 2.18. The Morgan fingerprint density at radius 3 is 2.47 bits per heavy atom. The largest absolute Gasteiger partial charge is 0.481 e. The van der Waals surface area contributed by atoms with Crippen LogP contribution in [-0.2, 0) is 11.2 Å². The van der Waals surface area contributed by atoms with Crippen molar-refractivity contribution < 1.29 is 19.8 Å². The Balaban J connectivity index is 3.02. The monoisotopic (exact) mass is 209 g/mol. The zero-order chi connectivity index (χ0) is 11.4. The quantitative estimate of drug-likeness (QED) is 0.642. The van der Waals surface area contributed by atoms with Crippen LogP contribution >= 0.6 is 0 Å². The van der Waals surface area contributed by atoms with Crippen molar-refractivity contribution in [2.75, 3.05) is 5.73 Å². The van der Waals surface area contributed by atoms with Crippen molar-refractivity contribution >= 4 is 17.6 Å². The van der Waals surface area contributed by atoms with Gasteiger partial charge in [0.15, 0.2) is 0 Å². The summed E-state index contributed by atoms with van der Waals surface area (Å²) in [7, 11) is 0. The average molecular weight is 209 g/mol. The minimum atomic E-state index is -1.09. The standard InChI is InChI=1S/C10H11NO4/c11-8-3-1-2-7(10(14)15)6(8)4-5-9(12)13/h1-3H,4-5,11H2,(H,12,13)(H,14,15). The van der Waals surface area contributed by atoms with Crippen LogP contribution in [0.3, 0.4) is 0 Å². The Hall–Kier alpha value is -2.04. The van der Waals surface area contributed by atoms with Gasteiger partial charge >= 0.3 is 11.9 Å². The molecule has 0 spiro atoms. The van der Waals surface area contributed by atoms with Crippen LogP contribution < -0.4 is 5.73 Å². The fraction of sp³-hybridized carbons (Fsp3) is 0.200. The molecule has 5 nitrogen and oxygen atoms in total. The summed E-state index contributed by atoms with van der Waals surface area (Å²) in [5.74, 6) is -2.07. The number of nitrogen functional groups attached to an aromatic ring is 1. The summed E-state index contributed by atoms with van der Waals surface area (Å²) in [5.41, 5.74) is 6.35. The van der Waals surface area contributed by atoms with Gasteiger partial charge in [-0.1, -0.05) is 6.07 Å². The highest BCUT2D eigenvalue weighted by molar-refractivity contribution is 5.91. The summed E-state index contributed by atoms with van der Waals surface area (Å²) in [4.78, 5) is 21.2. The molecule has 1 aromatic rings. The molecule has 4 N–H and O–H groups in total. The molecule has 0 atom stereocenters. The highest BCUT2D eigenvalue weighted by atomic mass is 16.4. The molecule has 0 aliphatic heterocycles. The number of rotatable bonds is 4. The van der Waals surface area contributed by atoms with Gasteiger partial charge in [0.1, 0.15) is 0 Å². The van der Waals surface area contributed by atoms with Gasteiger partial charge < -0.3 is 15.9 Å². The molecule has 0 aliphatic carbocycles. The number of nitrogens with two attached hydrogens (primary N) is 1. The topological polar surface area (TPSA) is 101 Å². The predicted molar refractivity (Wildman–Crippen MR) is 53.8 cm³/mol. The van der Waals surface area contributed by atoms with Crippen molar-refractivity contribution in [3.05, 3.63) is 29.3 Å². The maximum atomic E-state index is 10.8. The number of hydrogen-bond acceptors (Lipinski definition) is 3. The van der Waals surface area contributed by atoms with Crippen molar-refractivity contribution in [2.45, 2.75) is 12.8 Å². The lowest BCUT2D eigenvalue weighted by Gasteiger charge is -2.07. The Labute approximate surface area is 86.1 Å². The Bertz CT molecular complexity index is 400. The third-order valence-corrected chi connectivity index (χ3v) is 2.03. The first-order valence-electron chi connectivity index (χ1n) is 4.35. The van der Waals surface area contributed by atoms with Gasteiger partial charge in [0.2, 0.25) is 0 Å². The fourth-order valence-electron chi connectivity index (χ4n) is 1.32. The highest BCUT2D eigenvalue weighted by Gasteiger charge is 2.13. The molecule has 0 saturated carbocycles. The molecule has 80 valence electrons. The number of benzene rings is 1. The number of carboxylic acids is 2. The van der Waals surface area contributed by atoms with E-state index in [9.17, 15) is 9.59 Å². The van der Waals surface area contributed by atoms with Gasteiger partial charge in [0, 0.05) is 12.1 Å². The Kier molecular flexibility index (Phi) is 3.28. The maximum absolute atomic E-state index is 10.8. The molecular formula is C10H11NO4. The number of carboxylic acid groups (broad SMARTS) is 2. The van der Waals surface area contributed by atoms with E-state index in [1.54, 1.807) is 6.07 Å². The van der Waals surface area contributed by atoms with Crippen LogP contribution in [-0.4, -0.2) is 22.2 Å². The second-order valence-electron chi connectivity index (χ2n) is 3.07. The first-order valence-corrected chi connectivity index (χ1v) is 4.35. The molecule has 0 heterocycles. The summed E-state index contributed by atoms with van der Waals surface area (Å²) in [6.45, 7) is 0. The molecule has 5 heteroatoms. The molecule has 0 aromatic heterocycles. The molecule has 0 bridgehead atoms. The van der Waals surface area contributed by atoms with E-state index in [-0.39, 0.29) is 18.4 Å². The molecular weight excluding hydrogens is 198 g/mol. The number of aliphatic carboxylic acids is 1. The van der Waals surface area contributed by atoms with Crippen LogP contribution in [0.5, 0.6) is 0 Å². The summed E-state index contributed by atoms with van der Waals surface area (Å²) in [6, 6.07) is 4.50. The number of aromatic carboxylic acids is 1. The van der Waals surface area contributed by atoms with Crippen molar-refractivity contribution in [1.82, 2.24) is 0 Å². The molecule has 0 radical (unpaired) electrons. The Morgan fingerprint density at radius 2 is 1.93 bits per heavy atom. The fourth-order valence-corrected chi connectivity index (χ4v) is 1.32. The predicted octanol–water partition coefficient (Wildman–Crippen LogP) is 0.984. The van der Waals surface area contributed by atoms with Crippen LogP contribution in [0.2, 0.25) is 0 Å². The van der Waals surface area contributed by atoms with E-state index in [2.05, 4.69) is 0 Å². The molecule has 0 fully saturated rings.